The highest BCUT2D eigenvalue weighted by Crippen LogP contribution is 2.45. The van der Waals surface area contributed by atoms with Gasteiger partial charge < -0.3 is 29.6 Å². The van der Waals surface area contributed by atoms with Crippen LogP contribution >= 0.6 is 11.8 Å². The molecule has 1 unspecified atom stereocenters. The van der Waals surface area contributed by atoms with Crippen LogP contribution in [0.2, 0.25) is 0 Å². The van der Waals surface area contributed by atoms with Crippen LogP contribution in [0.3, 0.4) is 0 Å². The molecule has 3 fully saturated rings. The number of esters is 1. The Kier molecular flexibility index (Phi) is 7.89. The molecule has 38 heavy (non-hydrogen) atoms. The third kappa shape index (κ3) is 6.25. The Morgan fingerprint density at radius 2 is 1.92 bits per heavy atom. The first kappa shape index (κ1) is 27.6. The summed E-state index contributed by atoms with van der Waals surface area (Å²) in [4.78, 5) is 27.3. The summed E-state index contributed by atoms with van der Waals surface area (Å²) in [7, 11) is 0. The lowest BCUT2D eigenvalue weighted by atomic mass is 10.1. The molecule has 2 aromatic heterocycles. The second-order valence-electron chi connectivity index (χ2n) is 11.8. The average molecular weight is 549 g/mol. The fourth-order valence-corrected chi connectivity index (χ4v) is 6.72. The van der Waals surface area contributed by atoms with Gasteiger partial charge in [0.1, 0.15) is 29.7 Å². The topological polar surface area (TPSA) is 127 Å². The van der Waals surface area contributed by atoms with Crippen molar-refractivity contribution in [2.45, 2.75) is 101 Å². The van der Waals surface area contributed by atoms with E-state index in [1.807, 2.05) is 50.9 Å². The van der Waals surface area contributed by atoms with Crippen LogP contribution in [0.4, 0.5) is 5.82 Å². The van der Waals surface area contributed by atoms with E-state index >= 15 is 0 Å². The number of piperidine rings is 1. The maximum absolute atomic E-state index is 12.0. The second-order valence-corrected chi connectivity index (χ2v) is 13.1. The largest absolute Gasteiger partial charge is 0.460 e. The second kappa shape index (κ2) is 10.9. The smallest absolute Gasteiger partial charge is 0.306 e. The highest BCUT2D eigenvalue weighted by molar-refractivity contribution is 7.99. The zero-order valence-corrected chi connectivity index (χ0v) is 23.8. The maximum atomic E-state index is 12.0. The third-order valence-corrected chi connectivity index (χ3v) is 8.56. The van der Waals surface area contributed by atoms with Gasteiger partial charge >= 0.3 is 5.97 Å². The van der Waals surface area contributed by atoms with Crippen LogP contribution < -0.4 is 5.73 Å². The Hall–Kier alpha value is -1.99. The molecule has 2 N–H and O–H groups in total. The number of anilines is 1. The fourth-order valence-electron chi connectivity index (χ4n) is 5.44. The number of thioether (sulfide) groups is 1. The molecule has 2 aromatic rings. The minimum Gasteiger partial charge on any atom is -0.460 e. The lowest BCUT2D eigenvalue weighted by Gasteiger charge is -2.32. The van der Waals surface area contributed by atoms with E-state index < -0.39 is 17.6 Å². The van der Waals surface area contributed by atoms with E-state index in [1.54, 1.807) is 6.33 Å². The molecule has 0 amide bonds. The molecule has 3 aliphatic rings. The van der Waals surface area contributed by atoms with Gasteiger partial charge in [0.15, 0.2) is 23.5 Å². The number of ether oxygens (including phenoxy) is 4. The van der Waals surface area contributed by atoms with Crippen molar-refractivity contribution in [1.82, 2.24) is 24.4 Å². The van der Waals surface area contributed by atoms with Gasteiger partial charge in [0.25, 0.3) is 0 Å². The van der Waals surface area contributed by atoms with Crippen molar-refractivity contribution >= 4 is 34.7 Å². The predicted octanol–water partition coefficient (Wildman–Crippen LogP) is 3.15. The van der Waals surface area contributed by atoms with Gasteiger partial charge in [-0.15, -0.1) is 0 Å². The van der Waals surface area contributed by atoms with E-state index in [0.717, 1.165) is 44.6 Å². The first-order valence-electron chi connectivity index (χ1n) is 13.5. The first-order chi connectivity index (χ1) is 18.0. The standard InChI is InChI=1S/C26H40N6O5S/c1-25(2,3)35-18(33)7-6-10-31-11-8-16(9-12-31)38-13-17-20-21(37-26(4,5)36-20)24(34-17)32-15-30-19-22(27)28-14-29-23(19)32/h14-17,20-21,24H,6-13H2,1-5H3,(H2,27,28,29)/t17-,20+,21?,24-/m1/s1. The Labute approximate surface area is 228 Å². The number of nitrogens with two attached hydrogens (primary N) is 1. The average Bonchev–Trinajstić information content (AvgIpc) is 3.49. The lowest BCUT2D eigenvalue weighted by Crippen LogP contribution is -2.37. The van der Waals surface area contributed by atoms with Crippen LogP contribution in [0.1, 0.15) is 66.5 Å². The molecule has 0 aliphatic carbocycles. The Bertz CT molecular complexity index is 1130. The molecule has 0 aromatic carbocycles. The lowest BCUT2D eigenvalue weighted by molar-refractivity contribution is -0.193. The molecule has 11 nitrogen and oxygen atoms in total. The van der Waals surface area contributed by atoms with Crippen molar-refractivity contribution in [2.24, 2.45) is 0 Å². The van der Waals surface area contributed by atoms with Crippen LogP contribution in [-0.4, -0.2) is 90.7 Å². The van der Waals surface area contributed by atoms with Crippen LogP contribution in [-0.2, 0) is 23.7 Å². The molecule has 4 atom stereocenters. The van der Waals surface area contributed by atoms with E-state index in [1.165, 1.54) is 6.33 Å². The van der Waals surface area contributed by atoms with E-state index in [2.05, 4.69) is 19.9 Å². The Morgan fingerprint density at radius 1 is 1.18 bits per heavy atom. The number of hydrogen-bond acceptors (Lipinski definition) is 11. The zero-order chi connectivity index (χ0) is 27.1. The summed E-state index contributed by atoms with van der Waals surface area (Å²) in [5, 5.41) is 0.565. The molecule has 0 saturated carbocycles. The van der Waals surface area contributed by atoms with Gasteiger partial charge in [-0.1, -0.05) is 0 Å². The van der Waals surface area contributed by atoms with Gasteiger partial charge in [0, 0.05) is 17.4 Å². The van der Waals surface area contributed by atoms with Crippen LogP contribution in [0.5, 0.6) is 0 Å². The molecular weight excluding hydrogens is 508 g/mol. The van der Waals surface area contributed by atoms with Gasteiger partial charge in [0.2, 0.25) is 0 Å². The predicted molar refractivity (Wildman–Crippen MR) is 144 cm³/mol. The van der Waals surface area contributed by atoms with Crippen molar-refractivity contribution < 1.29 is 23.7 Å². The molecule has 5 rings (SSSR count). The Balaban J connectivity index is 1.13. The first-order valence-corrected chi connectivity index (χ1v) is 14.5. The number of nitrogens with zero attached hydrogens (tertiary/aromatic N) is 5. The summed E-state index contributed by atoms with van der Waals surface area (Å²) in [6.07, 6.45) is 5.72. The summed E-state index contributed by atoms with van der Waals surface area (Å²) < 4.78 is 26.4. The minimum atomic E-state index is -0.685. The summed E-state index contributed by atoms with van der Waals surface area (Å²) >= 11 is 1.95. The van der Waals surface area contributed by atoms with Gasteiger partial charge in [-0.3, -0.25) is 9.36 Å². The van der Waals surface area contributed by atoms with Gasteiger partial charge in [0.05, 0.1) is 12.4 Å². The molecule has 0 bridgehead atoms. The molecule has 3 aliphatic heterocycles. The highest BCUT2D eigenvalue weighted by atomic mass is 32.2. The number of imidazole rings is 1. The summed E-state index contributed by atoms with van der Waals surface area (Å²) in [5.41, 5.74) is 6.76. The summed E-state index contributed by atoms with van der Waals surface area (Å²) in [5.74, 6) is 0.368. The number of likely N-dealkylation sites (tertiary alicyclic amines) is 1. The van der Waals surface area contributed by atoms with Gasteiger partial charge in [-0.2, -0.15) is 11.8 Å². The zero-order valence-electron chi connectivity index (χ0n) is 23.0. The monoisotopic (exact) mass is 548 g/mol. The number of fused-ring (bicyclic) bond motifs is 2. The molecular formula is C26H40N6O5S. The molecule has 0 spiro atoms. The van der Waals surface area contributed by atoms with Crippen molar-refractivity contribution in [2.75, 3.05) is 31.1 Å². The molecule has 210 valence electrons. The van der Waals surface area contributed by atoms with Crippen LogP contribution in [0, 0.1) is 0 Å². The van der Waals surface area contributed by atoms with E-state index in [-0.39, 0.29) is 24.3 Å². The minimum absolute atomic E-state index is 0.111. The van der Waals surface area contributed by atoms with Gasteiger partial charge in [-0.05, 0) is 73.5 Å². The number of carbonyl (C=O) groups excluding carboxylic acids is 1. The fraction of sp³-hybridized carbons (Fsp3) is 0.769. The number of aromatic nitrogens is 4. The molecule has 0 radical (unpaired) electrons. The number of rotatable bonds is 8. The normalized spacial score (nSPS) is 28.1. The van der Waals surface area contributed by atoms with Crippen molar-refractivity contribution in [3.8, 4) is 0 Å². The van der Waals surface area contributed by atoms with Crippen molar-refractivity contribution in [1.29, 1.82) is 0 Å². The van der Waals surface area contributed by atoms with Crippen molar-refractivity contribution in [3.05, 3.63) is 12.7 Å². The molecule has 5 heterocycles. The van der Waals surface area contributed by atoms with Crippen LogP contribution in [0.15, 0.2) is 12.7 Å². The molecule has 3 saturated heterocycles. The van der Waals surface area contributed by atoms with Crippen molar-refractivity contribution in [3.63, 3.8) is 0 Å². The summed E-state index contributed by atoms with van der Waals surface area (Å²) in [6, 6.07) is 0. The van der Waals surface area contributed by atoms with E-state index in [9.17, 15) is 4.79 Å². The van der Waals surface area contributed by atoms with E-state index in [0.29, 0.717) is 28.7 Å². The maximum Gasteiger partial charge on any atom is 0.306 e. The third-order valence-electron chi connectivity index (χ3n) is 7.09. The highest BCUT2D eigenvalue weighted by Gasteiger charge is 2.56. The quantitative estimate of drug-likeness (QED) is 0.489. The number of nitrogen functional groups attached to an aromatic ring is 1. The SMILES string of the molecule is CC(C)(C)OC(=O)CCCN1CCC(SC[C@H]2O[C@@H](n3cnc4c(N)ncnc43)C3OC(C)(C)O[C@H]32)CC1. The molecule has 12 heteroatoms. The Morgan fingerprint density at radius 3 is 2.66 bits per heavy atom. The summed E-state index contributed by atoms with van der Waals surface area (Å²) in [6.45, 7) is 12.6. The van der Waals surface area contributed by atoms with Gasteiger partial charge in [-0.25, -0.2) is 15.0 Å². The number of carbonyl (C=O) groups is 1. The van der Waals surface area contributed by atoms with E-state index in [4.69, 9.17) is 24.7 Å². The van der Waals surface area contributed by atoms with Crippen LogP contribution in [0.25, 0.3) is 11.2 Å². The number of hydrogen-bond donors (Lipinski definition) is 1.